The maximum Gasteiger partial charge on any atom is 0.243 e. The highest BCUT2D eigenvalue weighted by molar-refractivity contribution is 6.02. The molecule has 120 valence electrons. The summed E-state index contributed by atoms with van der Waals surface area (Å²) in [7, 11) is 0. The lowest BCUT2D eigenvalue weighted by Crippen LogP contribution is -2.38. The Morgan fingerprint density at radius 2 is 2.04 bits per heavy atom. The molecule has 0 fully saturated rings. The molecule has 1 aliphatic rings. The first-order chi connectivity index (χ1) is 11.8. The van der Waals surface area contributed by atoms with Gasteiger partial charge in [0.15, 0.2) is 0 Å². The molecule has 3 aromatic rings. The SMILES string of the molecule is O=C(CN1CCOc2ccccc21)Nc1cccc2ncccc12. The second-order valence-corrected chi connectivity index (χ2v) is 5.66. The number of ether oxygens (including phenoxy) is 1. The van der Waals surface area contributed by atoms with Crippen LogP contribution >= 0.6 is 0 Å². The van der Waals surface area contributed by atoms with Crippen molar-refractivity contribution < 1.29 is 9.53 Å². The van der Waals surface area contributed by atoms with Crippen molar-refractivity contribution >= 4 is 28.2 Å². The molecule has 2 aromatic carbocycles. The average molecular weight is 319 g/mol. The number of hydrogen-bond acceptors (Lipinski definition) is 4. The van der Waals surface area contributed by atoms with Crippen molar-refractivity contribution in [2.45, 2.75) is 0 Å². The lowest BCUT2D eigenvalue weighted by atomic mass is 10.2. The van der Waals surface area contributed by atoms with Crippen molar-refractivity contribution in [3.8, 4) is 5.75 Å². The molecule has 0 aliphatic carbocycles. The topological polar surface area (TPSA) is 54.5 Å². The minimum atomic E-state index is -0.0527. The van der Waals surface area contributed by atoms with Gasteiger partial charge in [-0.2, -0.15) is 0 Å². The molecule has 0 saturated heterocycles. The van der Waals surface area contributed by atoms with Gasteiger partial charge < -0.3 is 15.0 Å². The number of hydrogen-bond donors (Lipinski definition) is 1. The number of aromatic nitrogens is 1. The number of fused-ring (bicyclic) bond motifs is 2. The van der Waals surface area contributed by atoms with E-state index < -0.39 is 0 Å². The molecule has 2 heterocycles. The summed E-state index contributed by atoms with van der Waals surface area (Å²) in [5.74, 6) is 0.772. The number of rotatable bonds is 3. The number of amides is 1. The number of benzene rings is 2. The lowest BCUT2D eigenvalue weighted by Gasteiger charge is -2.30. The Bertz CT molecular complexity index is 889. The third-order valence-electron chi connectivity index (χ3n) is 4.08. The van der Waals surface area contributed by atoms with Crippen molar-refractivity contribution in [2.75, 3.05) is 29.9 Å². The molecule has 1 aliphatic heterocycles. The number of carbonyl (C=O) groups excluding carboxylic acids is 1. The van der Waals surface area contributed by atoms with Crippen LogP contribution in [0.3, 0.4) is 0 Å². The second kappa shape index (κ2) is 6.20. The summed E-state index contributed by atoms with van der Waals surface area (Å²) in [6.45, 7) is 1.57. The van der Waals surface area contributed by atoms with Gasteiger partial charge in [-0.3, -0.25) is 9.78 Å². The van der Waals surface area contributed by atoms with Gasteiger partial charge in [-0.25, -0.2) is 0 Å². The largest absolute Gasteiger partial charge is 0.490 e. The van der Waals surface area contributed by atoms with Crippen molar-refractivity contribution in [3.63, 3.8) is 0 Å². The highest BCUT2D eigenvalue weighted by Gasteiger charge is 2.20. The van der Waals surface area contributed by atoms with Gasteiger partial charge >= 0.3 is 0 Å². The van der Waals surface area contributed by atoms with Crippen LogP contribution in [0.25, 0.3) is 10.9 Å². The third-order valence-corrected chi connectivity index (χ3v) is 4.08. The maximum atomic E-state index is 12.5. The van der Waals surface area contributed by atoms with Crippen LogP contribution in [0.15, 0.2) is 60.8 Å². The fraction of sp³-hybridized carbons (Fsp3) is 0.158. The zero-order chi connectivity index (χ0) is 16.4. The van der Waals surface area contributed by atoms with E-state index in [9.17, 15) is 4.79 Å². The van der Waals surface area contributed by atoms with Gasteiger partial charge in [0.05, 0.1) is 30.0 Å². The van der Waals surface area contributed by atoms with Gasteiger partial charge in [0.1, 0.15) is 12.4 Å². The molecule has 0 unspecified atom stereocenters. The highest BCUT2D eigenvalue weighted by Crippen LogP contribution is 2.30. The van der Waals surface area contributed by atoms with Crippen LogP contribution in [-0.4, -0.2) is 30.6 Å². The third kappa shape index (κ3) is 2.76. The molecule has 0 spiro atoms. The van der Waals surface area contributed by atoms with Gasteiger partial charge in [-0.05, 0) is 36.4 Å². The Morgan fingerprint density at radius 1 is 1.12 bits per heavy atom. The van der Waals surface area contributed by atoms with Gasteiger partial charge in [-0.15, -0.1) is 0 Å². The monoisotopic (exact) mass is 319 g/mol. The van der Waals surface area contributed by atoms with E-state index in [1.165, 1.54) is 0 Å². The zero-order valence-corrected chi connectivity index (χ0v) is 13.1. The van der Waals surface area contributed by atoms with Crippen molar-refractivity contribution in [1.29, 1.82) is 0 Å². The normalized spacial score (nSPS) is 13.2. The fourth-order valence-corrected chi connectivity index (χ4v) is 2.97. The Hall–Kier alpha value is -3.08. The first kappa shape index (κ1) is 14.5. The second-order valence-electron chi connectivity index (χ2n) is 5.66. The number of nitrogens with zero attached hydrogens (tertiary/aromatic N) is 2. The molecule has 0 radical (unpaired) electrons. The molecule has 5 heteroatoms. The maximum absolute atomic E-state index is 12.5. The van der Waals surface area contributed by atoms with Crippen LogP contribution in [-0.2, 0) is 4.79 Å². The standard InChI is InChI=1S/C19H17N3O2/c23-19(13-22-11-12-24-18-9-2-1-8-17(18)22)21-16-7-3-6-15-14(16)5-4-10-20-15/h1-10H,11-13H2,(H,21,23). The summed E-state index contributed by atoms with van der Waals surface area (Å²) in [6, 6.07) is 17.4. The van der Waals surface area contributed by atoms with E-state index in [-0.39, 0.29) is 12.5 Å². The van der Waals surface area contributed by atoms with E-state index in [1.54, 1.807) is 6.20 Å². The molecule has 5 nitrogen and oxygen atoms in total. The summed E-state index contributed by atoms with van der Waals surface area (Å²) >= 11 is 0. The molecule has 1 aromatic heterocycles. The van der Waals surface area contributed by atoms with E-state index in [0.717, 1.165) is 28.0 Å². The smallest absolute Gasteiger partial charge is 0.243 e. The van der Waals surface area contributed by atoms with E-state index in [4.69, 9.17) is 4.74 Å². The minimum Gasteiger partial charge on any atom is -0.490 e. The van der Waals surface area contributed by atoms with Gasteiger partial charge in [0.2, 0.25) is 5.91 Å². The van der Waals surface area contributed by atoms with E-state index in [2.05, 4.69) is 10.3 Å². The van der Waals surface area contributed by atoms with E-state index in [0.29, 0.717) is 13.2 Å². The minimum absolute atomic E-state index is 0.0527. The first-order valence-electron chi connectivity index (χ1n) is 7.92. The summed E-state index contributed by atoms with van der Waals surface area (Å²) in [5.41, 5.74) is 2.61. The highest BCUT2D eigenvalue weighted by atomic mass is 16.5. The number of nitrogens with one attached hydrogen (secondary N) is 1. The van der Waals surface area contributed by atoms with Crippen LogP contribution in [0.2, 0.25) is 0 Å². The van der Waals surface area contributed by atoms with Crippen LogP contribution in [0.4, 0.5) is 11.4 Å². The average Bonchev–Trinajstić information content (AvgIpc) is 2.62. The van der Waals surface area contributed by atoms with Crippen LogP contribution in [0.1, 0.15) is 0 Å². The summed E-state index contributed by atoms with van der Waals surface area (Å²) in [6.07, 6.45) is 1.75. The van der Waals surface area contributed by atoms with Gasteiger partial charge in [-0.1, -0.05) is 18.2 Å². The summed E-state index contributed by atoms with van der Waals surface area (Å²) < 4.78 is 5.63. The molecular formula is C19H17N3O2. The Morgan fingerprint density at radius 3 is 3.00 bits per heavy atom. The Labute approximate surface area is 139 Å². The van der Waals surface area contributed by atoms with Crippen LogP contribution < -0.4 is 15.0 Å². The predicted octanol–water partition coefficient (Wildman–Crippen LogP) is 3.07. The first-order valence-corrected chi connectivity index (χ1v) is 7.92. The number of pyridine rings is 1. The van der Waals surface area contributed by atoms with Gasteiger partial charge in [0, 0.05) is 11.6 Å². The molecule has 0 atom stereocenters. The van der Waals surface area contributed by atoms with Crippen LogP contribution in [0.5, 0.6) is 5.75 Å². The quantitative estimate of drug-likeness (QED) is 0.806. The van der Waals surface area contributed by atoms with Crippen LogP contribution in [0, 0.1) is 0 Å². The molecule has 1 amide bonds. The Balaban J connectivity index is 1.53. The number of anilines is 2. The molecule has 0 saturated carbocycles. The molecule has 0 bridgehead atoms. The number of para-hydroxylation sites is 2. The molecular weight excluding hydrogens is 302 g/mol. The zero-order valence-electron chi connectivity index (χ0n) is 13.1. The number of carbonyl (C=O) groups is 1. The molecule has 4 rings (SSSR count). The van der Waals surface area contributed by atoms with E-state index in [1.807, 2.05) is 59.5 Å². The molecule has 24 heavy (non-hydrogen) atoms. The lowest BCUT2D eigenvalue weighted by molar-refractivity contribution is -0.115. The van der Waals surface area contributed by atoms with Crippen molar-refractivity contribution in [2.24, 2.45) is 0 Å². The summed E-state index contributed by atoms with van der Waals surface area (Å²) in [4.78, 5) is 18.9. The van der Waals surface area contributed by atoms with Gasteiger partial charge in [0.25, 0.3) is 0 Å². The van der Waals surface area contributed by atoms with Crippen molar-refractivity contribution in [1.82, 2.24) is 4.98 Å². The van der Waals surface area contributed by atoms with E-state index >= 15 is 0 Å². The van der Waals surface area contributed by atoms with Crippen molar-refractivity contribution in [3.05, 3.63) is 60.8 Å². The predicted molar refractivity (Wildman–Crippen MR) is 94.5 cm³/mol. The fourth-order valence-electron chi connectivity index (χ4n) is 2.97. The molecule has 1 N–H and O–H groups in total. The Kier molecular flexibility index (Phi) is 3.75. The summed E-state index contributed by atoms with van der Waals surface area (Å²) in [5, 5.41) is 3.94.